The lowest BCUT2D eigenvalue weighted by Gasteiger charge is -2.43. The summed E-state index contributed by atoms with van der Waals surface area (Å²) in [4.78, 5) is 48.2. The topological polar surface area (TPSA) is 140 Å². The average molecular weight is 548 g/mol. The number of primary amides is 1. The first-order valence-electron chi connectivity index (χ1n) is 12.0. The fourth-order valence-electron chi connectivity index (χ4n) is 4.31. The number of esters is 3. The van der Waals surface area contributed by atoms with Gasteiger partial charge in [-0.3, -0.25) is 19.2 Å². The summed E-state index contributed by atoms with van der Waals surface area (Å²) in [5.41, 5.74) is 7.72. The number of rotatable bonds is 9. The van der Waals surface area contributed by atoms with Gasteiger partial charge in [-0.25, -0.2) is 0 Å². The molecule has 2 aromatic rings. The van der Waals surface area contributed by atoms with Crippen molar-refractivity contribution in [2.75, 3.05) is 6.61 Å². The summed E-state index contributed by atoms with van der Waals surface area (Å²) in [6, 6.07) is 12.6. The van der Waals surface area contributed by atoms with Crippen molar-refractivity contribution in [3.8, 4) is 5.75 Å². The van der Waals surface area contributed by atoms with Crippen LogP contribution >= 0.6 is 11.6 Å². The summed E-state index contributed by atoms with van der Waals surface area (Å²) in [6.07, 6.45) is -6.23. The average Bonchev–Trinajstić information content (AvgIpc) is 2.83. The molecule has 2 N–H and O–H groups in total. The van der Waals surface area contributed by atoms with Gasteiger partial charge in [0.05, 0.1) is 6.61 Å². The summed E-state index contributed by atoms with van der Waals surface area (Å²) in [5.74, 6) is -2.44. The number of benzene rings is 2. The number of carbonyl (C=O) groups is 4. The molecule has 10 nitrogen and oxygen atoms in total. The molecule has 5 atom stereocenters. The summed E-state index contributed by atoms with van der Waals surface area (Å²) in [6.45, 7) is 5.87. The zero-order valence-corrected chi connectivity index (χ0v) is 22.2. The van der Waals surface area contributed by atoms with Crippen molar-refractivity contribution in [1.82, 2.24) is 0 Å². The number of nitrogens with two attached hydrogens (primary N) is 1. The number of amides is 1. The van der Waals surface area contributed by atoms with Gasteiger partial charge in [-0.15, -0.1) is 0 Å². The highest BCUT2D eigenvalue weighted by molar-refractivity contribution is 6.31. The molecule has 1 heterocycles. The van der Waals surface area contributed by atoms with E-state index in [0.29, 0.717) is 23.6 Å². The van der Waals surface area contributed by atoms with Gasteiger partial charge in [0.1, 0.15) is 11.9 Å². The van der Waals surface area contributed by atoms with Crippen molar-refractivity contribution in [2.24, 2.45) is 5.73 Å². The maximum atomic E-state index is 12.3. The molecule has 0 spiro atoms. The molecule has 1 amide bonds. The van der Waals surface area contributed by atoms with E-state index in [1.807, 2.05) is 31.2 Å². The Labute approximate surface area is 225 Å². The quantitative estimate of drug-likeness (QED) is 0.370. The van der Waals surface area contributed by atoms with Gasteiger partial charge >= 0.3 is 17.9 Å². The number of carbonyl (C=O) groups excluding carboxylic acids is 4. The summed E-state index contributed by atoms with van der Waals surface area (Å²) < 4.78 is 27.6. The van der Waals surface area contributed by atoms with Crippen LogP contribution in [0.15, 0.2) is 42.5 Å². The van der Waals surface area contributed by atoms with E-state index in [1.165, 1.54) is 6.92 Å². The molecule has 0 bridgehead atoms. The van der Waals surface area contributed by atoms with Crippen LogP contribution in [0, 0.1) is 0 Å². The second-order valence-electron chi connectivity index (χ2n) is 8.71. The fourth-order valence-corrected chi connectivity index (χ4v) is 4.49. The van der Waals surface area contributed by atoms with Gasteiger partial charge in [0.2, 0.25) is 0 Å². The molecule has 2 aromatic carbocycles. The molecule has 1 aliphatic rings. The Morgan fingerprint density at radius 1 is 0.868 bits per heavy atom. The SMILES string of the molecule is CCOc1ccc(Cc2cc(C3OC(C(N)=O)C(OC(C)=O)C(OC(C)=O)C3OC(C)=O)ccc2Cl)cc1. The van der Waals surface area contributed by atoms with Crippen molar-refractivity contribution in [1.29, 1.82) is 0 Å². The largest absolute Gasteiger partial charge is 0.494 e. The molecule has 1 fully saturated rings. The smallest absolute Gasteiger partial charge is 0.303 e. The van der Waals surface area contributed by atoms with E-state index in [1.54, 1.807) is 18.2 Å². The molecule has 0 aliphatic carbocycles. The number of halogens is 1. The predicted molar refractivity (Wildman–Crippen MR) is 135 cm³/mol. The van der Waals surface area contributed by atoms with Crippen LogP contribution in [0.2, 0.25) is 5.02 Å². The highest BCUT2D eigenvalue weighted by atomic mass is 35.5. The second kappa shape index (κ2) is 12.7. The van der Waals surface area contributed by atoms with Gasteiger partial charge < -0.3 is 29.4 Å². The molecule has 0 radical (unpaired) electrons. The molecule has 3 rings (SSSR count). The van der Waals surface area contributed by atoms with Crippen molar-refractivity contribution >= 4 is 35.4 Å². The highest BCUT2D eigenvalue weighted by Gasteiger charge is 2.54. The third-order valence-electron chi connectivity index (χ3n) is 5.75. The third kappa shape index (κ3) is 7.23. The maximum Gasteiger partial charge on any atom is 0.303 e. The van der Waals surface area contributed by atoms with Crippen LogP contribution in [0.4, 0.5) is 0 Å². The minimum atomic E-state index is -1.50. The molecule has 38 heavy (non-hydrogen) atoms. The first kappa shape index (κ1) is 28.9. The van der Waals surface area contributed by atoms with Crippen LogP contribution in [0.25, 0.3) is 0 Å². The van der Waals surface area contributed by atoms with Crippen molar-refractivity contribution < 1.29 is 42.9 Å². The van der Waals surface area contributed by atoms with E-state index < -0.39 is 54.3 Å². The van der Waals surface area contributed by atoms with E-state index in [4.69, 9.17) is 41.0 Å². The molecular formula is C27H30ClNO9. The lowest BCUT2D eigenvalue weighted by atomic mass is 9.89. The van der Waals surface area contributed by atoms with Gasteiger partial charge in [-0.1, -0.05) is 35.9 Å². The Kier molecular flexibility index (Phi) is 9.71. The first-order valence-corrected chi connectivity index (χ1v) is 12.3. The van der Waals surface area contributed by atoms with E-state index in [2.05, 4.69) is 0 Å². The van der Waals surface area contributed by atoms with Gasteiger partial charge in [0.15, 0.2) is 24.4 Å². The van der Waals surface area contributed by atoms with E-state index >= 15 is 0 Å². The van der Waals surface area contributed by atoms with Crippen LogP contribution in [-0.4, -0.2) is 54.8 Å². The Hall–Kier alpha value is -3.63. The minimum Gasteiger partial charge on any atom is -0.494 e. The molecule has 204 valence electrons. The lowest BCUT2D eigenvalue weighted by molar-refractivity contribution is -0.244. The zero-order chi connectivity index (χ0) is 28.0. The fraction of sp³-hybridized carbons (Fsp3) is 0.407. The molecule has 1 saturated heterocycles. The monoisotopic (exact) mass is 547 g/mol. The Balaban J connectivity index is 2.03. The van der Waals surface area contributed by atoms with Gasteiger partial charge in [0.25, 0.3) is 5.91 Å². The molecular weight excluding hydrogens is 518 g/mol. The number of hydrogen-bond acceptors (Lipinski definition) is 9. The normalized spacial score (nSPS) is 22.7. The summed E-state index contributed by atoms with van der Waals surface area (Å²) in [5, 5.41) is 0.475. The van der Waals surface area contributed by atoms with Crippen LogP contribution in [0.3, 0.4) is 0 Å². The predicted octanol–water partition coefficient (Wildman–Crippen LogP) is 3.05. The Morgan fingerprint density at radius 3 is 2.00 bits per heavy atom. The molecule has 5 unspecified atom stereocenters. The van der Waals surface area contributed by atoms with E-state index in [0.717, 1.165) is 30.7 Å². The van der Waals surface area contributed by atoms with Crippen molar-refractivity contribution in [2.45, 2.75) is 64.6 Å². The second-order valence-corrected chi connectivity index (χ2v) is 9.11. The van der Waals surface area contributed by atoms with E-state index in [-0.39, 0.29) is 0 Å². The lowest BCUT2D eigenvalue weighted by Crippen LogP contribution is -2.61. The van der Waals surface area contributed by atoms with Gasteiger partial charge in [0, 0.05) is 25.8 Å². The van der Waals surface area contributed by atoms with Gasteiger partial charge in [-0.2, -0.15) is 0 Å². The molecule has 0 saturated carbocycles. The summed E-state index contributed by atoms with van der Waals surface area (Å²) in [7, 11) is 0. The van der Waals surface area contributed by atoms with Crippen LogP contribution < -0.4 is 10.5 Å². The first-order chi connectivity index (χ1) is 18.0. The molecule has 1 aliphatic heterocycles. The van der Waals surface area contributed by atoms with E-state index in [9.17, 15) is 19.2 Å². The van der Waals surface area contributed by atoms with Gasteiger partial charge in [-0.05, 0) is 48.2 Å². The highest BCUT2D eigenvalue weighted by Crippen LogP contribution is 2.38. The molecule has 11 heteroatoms. The standard InChI is InChI=1S/C27H30ClNO9/c1-5-34-20-9-6-17(7-10-20)12-19-13-18(8-11-21(19)28)22-23(35-14(2)30)24(36-15(3)31)25(37-16(4)32)26(38-22)27(29)33/h6-11,13,22-26H,5,12H2,1-4H3,(H2,29,33). The number of ether oxygens (including phenoxy) is 5. The maximum absolute atomic E-state index is 12.3. The van der Waals surface area contributed by atoms with Crippen molar-refractivity contribution in [3.63, 3.8) is 0 Å². The number of hydrogen-bond donors (Lipinski definition) is 1. The molecule has 0 aromatic heterocycles. The van der Waals surface area contributed by atoms with Crippen LogP contribution in [0.5, 0.6) is 5.75 Å². The van der Waals surface area contributed by atoms with Crippen LogP contribution in [-0.2, 0) is 44.5 Å². The minimum absolute atomic E-state index is 0.451. The summed E-state index contributed by atoms with van der Waals surface area (Å²) >= 11 is 6.49. The van der Waals surface area contributed by atoms with Crippen molar-refractivity contribution in [3.05, 3.63) is 64.2 Å². The third-order valence-corrected chi connectivity index (χ3v) is 6.12. The Morgan fingerprint density at radius 2 is 1.45 bits per heavy atom. The Bertz CT molecular complexity index is 1180. The zero-order valence-electron chi connectivity index (χ0n) is 21.5. The van der Waals surface area contributed by atoms with Crippen LogP contribution in [0.1, 0.15) is 50.5 Å².